The molecule has 0 bridgehead atoms. The SMILES string of the molecule is C=C(C)C(=O)OCCO.C=C(C)C(=O)OCCOC.C=C(C)C(=O)OCCOCC.C=C(C)C(=O)OCCOCCCC.C=CC(=O)OCCO.C=CC(=O)OCCOC.C=CC(=O)OCCOCC.C=CC(=O)OCCOCCCC. The summed E-state index contributed by atoms with van der Waals surface area (Å²) in [5.41, 5.74) is 1.61. The third kappa shape index (κ3) is 95.7. The number of rotatable bonds is 38. The Kier molecular flexibility index (Phi) is 88.0. The first-order valence-corrected chi connectivity index (χ1v) is 25.9. The summed E-state index contributed by atoms with van der Waals surface area (Å²) in [5, 5.41) is 16.3. The molecule has 0 aliphatic rings. The fourth-order valence-electron chi connectivity index (χ4n) is 3.23. The molecular formula is C58H100O24. The molecule has 0 atom stereocenters. The first-order valence-electron chi connectivity index (χ1n) is 25.9. The third-order valence-corrected chi connectivity index (χ3v) is 7.33. The highest BCUT2D eigenvalue weighted by Gasteiger charge is 2.04. The van der Waals surface area contributed by atoms with E-state index in [0.717, 1.165) is 63.2 Å². The fourth-order valence-corrected chi connectivity index (χ4v) is 3.23. The van der Waals surface area contributed by atoms with Crippen molar-refractivity contribution in [2.45, 2.75) is 81.1 Å². The quantitative estimate of drug-likeness (QED) is 0.0298. The van der Waals surface area contributed by atoms with Crippen LogP contribution in [0.25, 0.3) is 0 Å². The second kappa shape index (κ2) is 78.6. The van der Waals surface area contributed by atoms with E-state index in [1.165, 1.54) is 0 Å². The number of carbonyl (C=O) groups excluding carboxylic acids is 8. The molecule has 24 heteroatoms. The highest BCUT2D eigenvalue weighted by molar-refractivity contribution is 5.88. The molecular weight excluding hydrogens is 1080 g/mol. The minimum Gasteiger partial charge on any atom is -0.460 e. The van der Waals surface area contributed by atoms with E-state index in [4.69, 9.17) is 38.6 Å². The summed E-state index contributed by atoms with van der Waals surface area (Å²) in [7, 11) is 3.09. The van der Waals surface area contributed by atoms with Crippen LogP contribution >= 0.6 is 0 Å². The number of unbranched alkanes of at least 4 members (excludes halogenated alkanes) is 2. The summed E-state index contributed by atoms with van der Waals surface area (Å²) in [6.07, 6.45) is 8.78. The van der Waals surface area contributed by atoms with Gasteiger partial charge in [-0.1, -0.05) is 79.3 Å². The molecule has 0 fully saturated rings. The molecule has 0 aliphatic carbocycles. The number of ether oxygens (including phenoxy) is 14. The molecule has 0 saturated heterocycles. The van der Waals surface area contributed by atoms with Crippen LogP contribution in [-0.4, -0.2) is 204 Å². The molecule has 0 saturated carbocycles. The van der Waals surface area contributed by atoms with E-state index in [0.29, 0.717) is 115 Å². The van der Waals surface area contributed by atoms with Crippen LogP contribution in [0.2, 0.25) is 0 Å². The Balaban J connectivity index is -0.000000128. The Hall–Kier alpha value is -6.64. The Morgan fingerprint density at radius 3 is 0.780 bits per heavy atom. The molecule has 82 heavy (non-hydrogen) atoms. The van der Waals surface area contributed by atoms with Crippen LogP contribution in [0.4, 0.5) is 0 Å². The van der Waals surface area contributed by atoms with Gasteiger partial charge < -0.3 is 76.5 Å². The molecule has 0 aromatic carbocycles. The molecule has 0 heterocycles. The lowest BCUT2D eigenvalue weighted by molar-refractivity contribution is -0.141. The third-order valence-electron chi connectivity index (χ3n) is 7.33. The lowest BCUT2D eigenvalue weighted by Gasteiger charge is -2.04. The minimum absolute atomic E-state index is 0.0465. The van der Waals surface area contributed by atoms with Crippen molar-refractivity contribution in [3.05, 3.63) is 99.2 Å². The molecule has 0 aliphatic heterocycles. The van der Waals surface area contributed by atoms with Gasteiger partial charge in [-0.25, -0.2) is 38.4 Å². The van der Waals surface area contributed by atoms with Crippen molar-refractivity contribution in [3.8, 4) is 0 Å². The number of esters is 8. The van der Waals surface area contributed by atoms with Crippen molar-refractivity contribution in [2.24, 2.45) is 0 Å². The molecule has 476 valence electrons. The summed E-state index contributed by atoms with van der Waals surface area (Å²) in [6.45, 7) is 48.1. The zero-order chi connectivity index (χ0) is 64.6. The first-order chi connectivity index (χ1) is 39.0. The Labute approximate surface area is 488 Å². The molecule has 24 nitrogen and oxygen atoms in total. The second-order valence-corrected chi connectivity index (χ2v) is 14.9. The predicted octanol–water partition coefficient (Wildman–Crippen LogP) is 6.27. The second-order valence-electron chi connectivity index (χ2n) is 14.9. The standard InChI is InChI=1S/C10H18O3.C9H16O3.C8H14O3.2C7H12O3.2C6H10O3.C5H8O3/c1-4-5-6-12-7-8-13-10(11)9(2)3;1-3-5-6-11-7-8-12-9(10)4-2;1-4-10-5-6-11-8(9)7(2)3;1-6(2)7(8)10-5-4-9-3;1-3-7(8)10-6-5-9-4-2;1-5(2)6(8)9-4-3-7;1-3-6(7)9-5-4-8-2;1-2-5(7)8-4-3-6/h2,4-8H2,1,3H3;4H,2-3,5-8H2,1H3;2,4-6H2,1,3H3;1,4-5H2,2-3H3;3H,1,4-6H2,2H3;7H,1,3-4H2,2H3;3H,1,4-5H2,2H3;2,6H,1,3-4H2. The highest BCUT2D eigenvalue weighted by atomic mass is 16.6. The van der Waals surface area contributed by atoms with Crippen molar-refractivity contribution in [1.82, 2.24) is 0 Å². The number of hydrogen-bond donors (Lipinski definition) is 2. The van der Waals surface area contributed by atoms with Crippen molar-refractivity contribution >= 4 is 47.8 Å². The summed E-state index contributed by atoms with van der Waals surface area (Å²) in [6, 6.07) is 0. The maximum Gasteiger partial charge on any atom is 0.333 e. The number of aliphatic hydroxyl groups excluding tert-OH is 2. The zero-order valence-corrected chi connectivity index (χ0v) is 50.8. The lowest BCUT2D eigenvalue weighted by Crippen LogP contribution is -2.11. The number of carbonyl (C=O) groups is 8. The van der Waals surface area contributed by atoms with Gasteiger partial charge >= 0.3 is 47.8 Å². The normalized spacial score (nSPS) is 9.02. The van der Waals surface area contributed by atoms with Gasteiger partial charge in [0.15, 0.2) is 0 Å². The molecule has 0 aromatic rings. The van der Waals surface area contributed by atoms with Crippen molar-refractivity contribution in [2.75, 3.05) is 146 Å². The van der Waals surface area contributed by atoms with Crippen LogP contribution in [0.15, 0.2) is 99.2 Å². The largest absolute Gasteiger partial charge is 0.460 e. The molecule has 0 radical (unpaired) electrons. The highest BCUT2D eigenvalue weighted by Crippen LogP contribution is 1.95. The first kappa shape index (κ1) is 91.8. The van der Waals surface area contributed by atoms with Gasteiger partial charge in [0.2, 0.25) is 0 Å². The number of aliphatic hydroxyl groups is 2. The Morgan fingerprint density at radius 1 is 0.329 bits per heavy atom. The van der Waals surface area contributed by atoms with E-state index in [1.54, 1.807) is 41.9 Å². The van der Waals surface area contributed by atoms with Crippen LogP contribution in [0.5, 0.6) is 0 Å². The Morgan fingerprint density at radius 2 is 0.549 bits per heavy atom. The van der Waals surface area contributed by atoms with Crippen LogP contribution in [0, 0.1) is 0 Å². The molecule has 0 spiro atoms. The van der Waals surface area contributed by atoms with E-state index < -0.39 is 29.8 Å². The zero-order valence-electron chi connectivity index (χ0n) is 50.8. The van der Waals surface area contributed by atoms with Gasteiger partial charge in [0.05, 0.1) is 52.9 Å². The van der Waals surface area contributed by atoms with Gasteiger partial charge in [-0.05, 0) is 54.4 Å². The molecule has 0 unspecified atom stereocenters. The molecule has 2 N–H and O–H groups in total. The molecule has 0 amide bonds. The monoisotopic (exact) mass is 1180 g/mol. The van der Waals surface area contributed by atoms with Gasteiger partial charge in [-0.15, -0.1) is 0 Å². The Bertz CT molecular complexity index is 1700. The van der Waals surface area contributed by atoms with Gasteiger partial charge in [0, 0.05) is 87.2 Å². The molecule has 0 rings (SSSR count). The van der Waals surface area contributed by atoms with Crippen LogP contribution in [0.3, 0.4) is 0 Å². The van der Waals surface area contributed by atoms with E-state index >= 15 is 0 Å². The summed E-state index contributed by atoms with van der Waals surface area (Å²) in [5.74, 6) is -3.23. The number of methoxy groups -OCH3 is 2. The van der Waals surface area contributed by atoms with Crippen molar-refractivity contribution in [1.29, 1.82) is 0 Å². The van der Waals surface area contributed by atoms with Gasteiger partial charge in [0.1, 0.15) is 52.9 Å². The number of hydrogen-bond acceptors (Lipinski definition) is 24. The van der Waals surface area contributed by atoms with E-state index in [2.05, 4.69) is 104 Å². The van der Waals surface area contributed by atoms with Crippen molar-refractivity contribution in [3.63, 3.8) is 0 Å². The van der Waals surface area contributed by atoms with Crippen molar-refractivity contribution < 1.29 is 115 Å². The maximum atomic E-state index is 10.9. The summed E-state index contributed by atoms with van der Waals surface area (Å²) >= 11 is 0. The molecule has 0 aromatic heterocycles. The fraction of sp³-hybridized carbons (Fsp3) is 0.586. The summed E-state index contributed by atoms with van der Waals surface area (Å²) in [4.78, 5) is 84.0. The van der Waals surface area contributed by atoms with Gasteiger partial charge in [-0.2, -0.15) is 0 Å². The lowest BCUT2D eigenvalue weighted by atomic mass is 10.4. The van der Waals surface area contributed by atoms with Crippen LogP contribution in [0.1, 0.15) is 81.1 Å². The van der Waals surface area contributed by atoms with Gasteiger partial charge in [0.25, 0.3) is 0 Å². The predicted molar refractivity (Wildman–Crippen MR) is 310 cm³/mol. The minimum atomic E-state index is -0.501. The summed E-state index contributed by atoms with van der Waals surface area (Å²) < 4.78 is 66.4. The van der Waals surface area contributed by atoms with Gasteiger partial charge in [-0.3, -0.25) is 0 Å². The smallest absolute Gasteiger partial charge is 0.333 e. The van der Waals surface area contributed by atoms with E-state index in [-0.39, 0.29) is 44.3 Å². The van der Waals surface area contributed by atoms with E-state index in [9.17, 15) is 38.4 Å². The average molecular weight is 1180 g/mol. The topological polar surface area (TPSA) is 306 Å². The van der Waals surface area contributed by atoms with E-state index in [1.807, 2.05) is 13.8 Å². The average Bonchev–Trinajstić information content (AvgIpc) is 3.46. The maximum absolute atomic E-state index is 10.9. The van der Waals surface area contributed by atoms with Crippen LogP contribution < -0.4 is 0 Å². The van der Waals surface area contributed by atoms with Crippen LogP contribution in [-0.2, 0) is 105 Å².